The average Bonchev–Trinajstić information content (AvgIpc) is 3.05. The Hall–Kier alpha value is -2.12. The zero-order chi connectivity index (χ0) is 20.6. The first kappa shape index (κ1) is 20.6. The summed E-state index contributed by atoms with van der Waals surface area (Å²) in [6.45, 7) is 5.79. The molecule has 150 valence electrons. The quantitative estimate of drug-likeness (QED) is 0.784. The van der Waals surface area contributed by atoms with Crippen LogP contribution in [0.3, 0.4) is 0 Å². The minimum absolute atomic E-state index is 0.0127. The van der Waals surface area contributed by atoms with Crippen molar-refractivity contribution in [2.75, 3.05) is 11.3 Å². The molecule has 3 rings (SSSR count). The molecule has 0 aliphatic carbocycles. The summed E-state index contributed by atoms with van der Waals surface area (Å²) in [6.07, 6.45) is 1.74. The Morgan fingerprint density at radius 3 is 2.61 bits per heavy atom. The Morgan fingerprint density at radius 1 is 1.25 bits per heavy atom. The van der Waals surface area contributed by atoms with Crippen LogP contribution in [0.2, 0.25) is 5.02 Å². The van der Waals surface area contributed by atoms with Crippen molar-refractivity contribution in [3.63, 3.8) is 0 Å². The summed E-state index contributed by atoms with van der Waals surface area (Å²) in [6, 6.07) is 7.17. The number of halogens is 2. The van der Waals surface area contributed by atoms with E-state index in [2.05, 4.69) is 4.72 Å². The van der Waals surface area contributed by atoms with Gasteiger partial charge in [0, 0.05) is 17.6 Å². The number of aryl methyl sites for hydroxylation is 2. The number of rotatable bonds is 4. The predicted octanol–water partition coefficient (Wildman–Crippen LogP) is 4.52. The number of benzene rings is 2. The van der Waals surface area contributed by atoms with Crippen LogP contribution in [0.4, 0.5) is 10.1 Å². The molecule has 1 heterocycles. The molecule has 1 amide bonds. The Kier molecular flexibility index (Phi) is 5.68. The number of hydrogen-bond donors (Lipinski definition) is 1. The molecule has 1 N–H and O–H groups in total. The third kappa shape index (κ3) is 3.86. The van der Waals surface area contributed by atoms with Crippen LogP contribution < -0.4 is 4.72 Å². The van der Waals surface area contributed by atoms with Gasteiger partial charge in [-0.25, -0.2) is 12.8 Å². The van der Waals surface area contributed by atoms with Crippen molar-refractivity contribution < 1.29 is 17.6 Å². The molecule has 5 nitrogen and oxygen atoms in total. The molecule has 28 heavy (non-hydrogen) atoms. The fraction of sp³-hybridized carbons (Fsp3) is 0.350. The number of hydrogen-bond acceptors (Lipinski definition) is 3. The van der Waals surface area contributed by atoms with Gasteiger partial charge in [-0.3, -0.25) is 9.52 Å². The van der Waals surface area contributed by atoms with Crippen LogP contribution in [0.1, 0.15) is 41.3 Å². The van der Waals surface area contributed by atoms with Gasteiger partial charge in [-0.15, -0.1) is 0 Å². The van der Waals surface area contributed by atoms with E-state index >= 15 is 0 Å². The Labute approximate surface area is 169 Å². The number of anilines is 1. The van der Waals surface area contributed by atoms with Gasteiger partial charge in [-0.1, -0.05) is 17.7 Å². The second-order valence-corrected chi connectivity index (χ2v) is 9.19. The van der Waals surface area contributed by atoms with Crippen LogP contribution in [-0.4, -0.2) is 31.8 Å². The zero-order valence-electron chi connectivity index (χ0n) is 15.9. The van der Waals surface area contributed by atoms with Crippen molar-refractivity contribution in [1.29, 1.82) is 0 Å². The molecule has 0 bridgehead atoms. The molecule has 8 heteroatoms. The van der Waals surface area contributed by atoms with Gasteiger partial charge < -0.3 is 4.90 Å². The van der Waals surface area contributed by atoms with Crippen molar-refractivity contribution >= 4 is 33.2 Å². The van der Waals surface area contributed by atoms with Crippen LogP contribution >= 0.6 is 11.6 Å². The molecule has 0 radical (unpaired) electrons. The number of nitrogens with zero attached hydrogens (tertiary/aromatic N) is 1. The lowest BCUT2D eigenvalue weighted by molar-refractivity contribution is 0.0743. The maximum Gasteiger partial charge on any atom is 0.262 e. The number of amides is 1. The van der Waals surface area contributed by atoms with E-state index in [0.717, 1.165) is 12.8 Å². The number of likely N-dealkylation sites (tertiary alicyclic amines) is 1. The van der Waals surface area contributed by atoms with Crippen LogP contribution in [0, 0.1) is 19.7 Å². The first-order valence-electron chi connectivity index (χ1n) is 9.01. The van der Waals surface area contributed by atoms with E-state index in [1.165, 1.54) is 24.3 Å². The fourth-order valence-corrected chi connectivity index (χ4v) is 5.00. The number of sulfonamides is 1. The lowest BCUT2D eigenvalue weighted by atomic mass is 10.1. The first-order valence-corrected chi connectivity index (χ1v) is 10.9. The lowest BCUT2D eigenvalue weighted by Crippen LogP contribution is -2.34. The minimum Gasteiger partial charge on any atom is -0.336 e. The van der Waals surface area contributed by atoms with E-state index in [1.54, 1.807) is 24.8 Å². The minimum atomic E-state index is -4.05. The average molecular weight is 425 g/mol. The van der Waals surface area contributed by atoms with E-state index in [1.807, 2.05) is 6.92 Å². The predicted molar refractivity (Wildman–Crippen MR) is 108 cm³/mol. The highest BCUT2D eigenvalue weighted by Gasteiger charge is 2.29. The standard InChI is InChI=1S/C20H22ClFN2O3S/c1-12-11-18(13(2)10-16(12)21)28(26,27)23-17-8-4-7-15(19(17)22)20(25)24-9-5-6-14(24)3/h4,7-8,10-11,14,23H,5-6,9H2,1-3H3/t14-/m1/s1. The van der Waals surface area contributed by atoms with Gasteiger partial charge in [0.15, 0.2) is 5.82 Å². The number of carbonyl (C=O) groups excluding carboxylic acids is 1. The van der Waals surface area contributed by atoms with Gasteiger partial charge in [-0.2, -0.15) is 0 Å². The van der Waals surface area contributed by atoms with Gasteiger partial charge in [0.05, 0.1) is 16.1 Å². The summed E-state index contributed by atoms with van der Waals surface area (Å²) in [5.74, 6) is -1.31. The van der Waals surface area contributed by atoms with E-state index in [0.29, 0.717) is 22.7 Å². The summed E-state index contributed by atoms with van der Waals surface area (Å²) in [5, 5.41) is 0.454. The summed E-state index contributed by atoms with van der Waals surface area (Å²) in [5.41, 5.74) is 0.643. The van der Waals surface area contributed by atoms with Crippen molar-refractivity contribution in [3.8, 4) is 0 Å². The molecule has 1 fully saturated rings. The van der Waals surface area contributed by atoms with Gasteiger partial charge in [0.25, 0.3) is 15.9 Å². The van der Waals surface area contributed by atoms with Crippen LogP contribution in [-0.2, 0) is 10.0 Å². The Balaban J connectivity index is 1.95. The highest BCUT2D eigenvalue weighted by molar-refractivity contribution is 7.92. The molecule has 2 aromatic rings. The van der Waals surface area contributed by atoms with E-state index in [4.69, 9.17) is 11.6 Å². The number of carbonyl (C=O) groups is 1. The molecular weight excluding hydrogens is 403 g/mol. The van der Waals surface area contributed by atoms with Crippen LogP contribution in [0.15, 0.2) is 35.2 Å². The fourth-order valence-electron chi connectivity index (χ4n) is 3.41. The molecular formula is C20H22ClFN2O3S. The third-order valence-corrected chi connectivity index (χ3v) is 6.95. The van der Waals surface area contributed by atoms with Crippen LogP contribution in [0.5, 0.6) is 0 Å². The smallest absolute Gasteiger partial charge is 0.262 e. The summed E-state index contributed by atoms with van der Waals surface area (Å²) < 4.78 is 42.9. The Morgan fingerprint density at radius 2 is 1.96 bits per heavy atom. The van der Waals surface area contributed by atoms with Gasteiger partial charge in [-0.05, 0) is 69.0 Å². The Bertz CT molecular complexity index is 1040. The summed E-state index contributed by atoms with van der Waals surface area (Å²) in [7, 11) is -4.05. The molecule has 2 aromatic carbocycles. The second kappa shape index (κ2) is 7.72. The topological polar surface area (TPSA) is 66.5 Å². The number of nitrogens with one attached hydrogen (secondary N) is 1. The molecule has 1 saturated heterocycles. The molecule has 1 atom stereocenters. The van der Waals surface area contributed by atoms with Crippen molar-refractivity contribution in [2.24, 2.45) is 0 Å². The van der Waals surface area contributed by atoms with Gasteiger partial charge in [0.1, 0.15) is 0 Å². The van der Waals surface area contributed by atoms with E-state index in [9.17, 15) is 17.6 Å². The largest absolute Gasteiger partial charge is 0.336 e. The van der Waals surface area contributed by atoms with Crippen molar-refractivity contribution in [2.45, 2.75) is 44.6 Å². The van der Waals surface area contributed by atoms with Gasteiger partial charge >= 0.3 is 0 Å². The lowest BCUT2D eigenvalue weighted by Gasteiger charge is -2.22. The third-order valence-electron chi connectivity index (χ3n) is 5.03. The maximum atomic E-state index is 15.0. The SMILES string of the molecule is Cc1cc(S(=O)(=O)Nc2cccc(C(=O)N3CCC[C@H]3C)c2F)c(C)cc1Cl. The molecule has 1 aliphatic heterocycles. The second-order valence-electron chi connectivity index (χ2n) is 7.13. The first-order chi connectivity index (χ1) is 13.1. The monoisotopic (exact) mass is 424 g/mol. The van der Waals surface area contributed by atoms with Gasteiger partial charge in [0.2, 0.25) is 0 Å². The summed E-state index contributed by atoms with van der Waals surface area (Å²) in [4.78, 5) is 14.3. The summed E-state index contributed by atoms with van der Waals surface area (Å²) >= 11 is 6.03. The highest BCUT2D eigenvalue weighted by atomic mass is 35.5. The van der Waals surface area contributed by atoms with Crippen LogP contribution in [0.25, 0.3) is 0 Å². The van der Waals surface area contributed by atoms with Crippen molar-refractivity contribution in [1.82, 2.24) is 4.90 Å². The highest BCUT2D eigenvalue weighted by Crippen LogP contribution is 2.28. The maximum absolute atomic E-state index is 15.0. The van der Waals surface area contributed by atoms with E-state index in [-0.39, 0.29) is 22.2 Å². The molecule has 0 saturated carbocycles. The molecule has 0 unspecified atom stereocenters. The molecule has 0 spiro atoms. The van der Waals surface area contributed by atoms with E-state index < -0.39 is 21.7 Å². The zero-order valence-corrected chi connectivity index (χ0v) is 17.5. The molecule has 1 aliphatic rings. The van der Waals surface area contributed by atoms with Crippen molar-refractivity contribution in [3.05, 3.63) is 57.9 Å². The molecule has 0 aromatic heterocycles. The normalized spacial score (nSPS) is 17.0.